The van der Waals surface area contributed by atoms with E-state index >= 15 is 0 Å². The zero-order valence-corrected chi connectivity index (χ0v) is 36.2. The maximum Gasteiger partial charge on any atom is 0.0572 e. The van der Waals surface area contributed by atoms with Crippen LogP contribution in [0.3, 0.4) is 0 Å². The van der Waals surface area contributed by atoms with Gasteiger partial charge in [-0.05, 0) is 104 Å². The van der Waals surface area contributed by atoms with Gasteiger partial charge in [-0.2, -0.15) is 0 Å². The molecule has 0 bridgehead atoms. The van der Waals surface area contributed by atoms with Crippen molar-refractivity contribution < 1.29 is 21.7 Å². The van der Waals surface area contributed by atoms with Gasteiger partial charge in [0.2, 0.25) is 0 Å². The van der Waals surface area contributed by atoms with Crippen LogP contribution in [0.1, 0.15) is 144 Å². The Morgan fingerprint density at radius 1 is 0.566 bits per heavy atom. The van der Waals surface area contributed by atoms with Crippen LogP contribution >= 0.6 is 0 Å². The Morgan fingerprint density at radius 2 is 0.925 bits per heavy atom. The third-order valence-corrected chi connectivity index (χ3v) is 9.94. The molecular formula is C49H65N3Ti. The fourth-order valence-electron chi connectivity index (χ4n) is 6.91. The molecule has 0 spiro atoms. The number of rotatable bonds is 11. The number of hydrogen-bond acceptors (Lipinski definition) is 3. The van der Waals surface area contributed by atoms with Gasteiger partial charge < -0.3 is 16.0 Å². The summed E-state index contributed by atoms with van der Waals surface area (Å²) in [5.41, 5.74) is 18.2. The molecular weight excluding hydrogens is 678 g/mol. The van der Waals surface area contributed by atoms with Crippen molar-refractivity contribution in [2.45, 2.75) is 126 Å². The molecule has 4 heteroatoms. The van der Waals surface area contributed by atoms with Gasteiger partial charge in [0.05, 0.1) is 5.70 Å². The first-order valence-corrected chi connectivity index (χ1v) is 19.5. The van der Waals surface area contributed by atoms with Gasteiger partial charge in [-0.25, -0.2) is 0 Å². The molecule has 4 aromatic rings. The van der Waals surface area contributed by atoms with Gasteiger partial charge in [-0.3, -0.25) is 0 Å². The van der Waals surface area contributed by atoms with E-state index in [1.807, 2.05) is 0 Å². The molecule has 3 nitrogen and oxygen atoms in total. The van der Waals surface area contributed by atoms with Crippen LogP contribution in [0.5, 0.6) is 0 Å². The van der Waals surface area contributed by atoms with Crippen molar-refractivity contribution in [3.63, 3.8) is 0 Å². The second kappa shape index (κ2) is 20.6. The first-order chi connectivity index (χ1) is 24.7. The van der Waals surface area contributed by atoms with Crippen molar-refractivity contribution in [3.8, 4) is 0 Å². The molecule has 0 radical (unpaired) electrons. The molecule has 0 fully saturated rings. The number of benzene rings is 4. The molecule has 0 aliphatic carbocycles. The van der Waals surface area contributed by atoms with Gasteiger partial charge in [0.25, 0.3) is 0 Å². The summed E-state index contributed by atoms with van der Waals surface area (Å²) < 4.78 is 0. The van der Waals surface area contributed by atoms with E-state index in [2.05, 4.69) is 196 Å². The number of allylic oxidation sites excluding steroid dienone is 4. The molecule has 3 N–H and O–H groups in total. The van der Waals surface area contributed by atoms with Crippen LogP contribution in [0.2, 0.25) is 0 Å². The Balaban J connectivity index is 0.000000420. The molecule has 53 heavy (non-hydrogen) atoms. The Bertz CT molecular complexity index is 1760. The van der Waals surface area contributed by atoms with Crippen LogP contribution in [0.4, 0.5) is 11.4 Å². The summed E-state index contributed by atoms with van der Waals surface area (Å²) in [6.45, 7) is 27.0. The first-order valence-electron chi connectivity index (χ1n) is 19.5. The van der Waals surface area contributed by atoms with Gasteiger partial charge in [0.1, 0.15) is 0 Å². The maximum absolute atomic E-state index is 3.84. The van der Waals surface area contributed by atoms with Crippen LogP contribution in [0.25, 0.3) is 0 Å². The number of hydrogen-bond donors (Lipinski definition) is 3. The summed E-state index contributed by atoms with van der Waals surface area (Å²) in [7, 11) is 0. The first kappa shape index (κ1) is 43.6. The molecule has 0 atom stereocenters. The van der Waals surface area contributed by atoms with E-state index < -0.39 is 0 Å². The molecule has 0 aromatic heterocycles. The Morgan fingerprint density at radius 3 is 1.28 bits per heavy atom. The molecule has 4 aromatic carbocycles. The van der Waals surface area contributed by atoms with Crippen molar-refractivity contribution >= 4 is 11.4 Å². The fraction of sp³-hybridized carbons (Fsp3) is 0.388. The standard InChI is InChI=1S/C35H51N3.C14H14.Ti/c1-20(2)28-16-24(9)17-29(21(3)4)34(28)36-26(11)32-14-13-15-33(38-32)27(12)37-35-30(22(5)6)18-25(10)19-31(35)23(7)8;1-3-7-13(8-4-1)11-12-14-9-5-2-6-10-14;/h13-14,16-23,36-38H,15H2,1-12H3;1-10H,11-12H2;/b32-26+,33-27-;;. The molecule has 1 aliphatic heterocycles. The predicted molar refractivity (Wildman–Crippen MR) is 229 cm³/mol. The molecule has 0 amide bonds. The molecule has 280 valence electrons. The van der Waals surface area contributed by atoms with E-state index in [1.165, 1.54) is 67.3 Å². The Hall–Kier alpha value is -3.79. The minimum Gasteiger partial charge on any atom is -0.357 e. The molecule has 1 aliphatic rings. The van der Waals surface area contributed by atoms with E-state index in [1.54, 1.807) is 0 Å². The SMILES string of the molecule is C/C(Nc1c(C(C)C)cc(C)cc1C(C)C)=C1\CC=C/C(=C(/C)Nc2c(C(C)C)cc(C)cc2C(C)C)N1.[Ti].c1ccc(CCc2ccccc2)cc1. The van der Waals surface area contributed by atoms with Crippen molar-refractivity contribution in [3.05, 3.63) is 164 Å². The van der Waals surface area contributed by atoms with Gasteiger partial charge in [-0.15, -0.1) is 0 Å². The number of aryl methyl sites for hydroxylation is 4. The number of nitrogens with one attached hydrogen (secondary N) is 3. The summed E-state index contributed by atoms with van der Waals surface area (Å²) in [6, 6.07) is 30.6. The van der Waals surface area contributed by atoms with E-state index in [-0.39, 0.29) is 21.7 Å². The van der Waals surface area contributed by atoms with Crippen molar-refractivity contribution in [2.24, 2.45) is 0 Å². The molecule has 0 unspecified atom stereocenters. The average Bonchev–Trinajstić information content (AvgIpc) is 3.12. The fourth-order valence-corrected chi connectivity index (χ4v) is 6.91. The molecule has 1 heterocycles. The third-order valence-electron chi connectivity index (χ3n) is 9.94. The quantitative estimate of drug-likeness (QED) is 0.134. The van der Waals surface area contributed by atoms with Gasteiger partial charge in [0.15, 0.2) is 0 Å². The molecule has 5 rings (SSSR count). The van der Waals surface area contributed by atoms with E-state index in [4.69, 9.17) is 0 Å². The summed E-state index contributed by atoms with van der Waals surface area (Å²) in [5, 5.41) is 11.4. The molecule has 0 saturated carbocycles. The van der Waals surface area contributed by atoms with Crippen molar-refractivity contribution in [1.29, 1.82) is 0 Å². The zero-order chi connectivity index (χ0) is 37.9. The number of anilines is 2. The van der Waals surface area contributed by atoms with Crippen LogP contribution in [0, 0.1) is 13.8 Å². The van der Waals surface area contributed by atoms with Crippen LogP contribution in [-0.2, 0) is 34.6 Å². The van der Waals surface area contributed by atoms with Crippen molar-refractivity contribution in [2.75, 3.05) is 10.6 Å². The van der Waals surface area contributed by atoms with E-state index in [9.17, 15) is 0 Å². The Labute approximate surface area is 337 Å². The second-order valence-corrected chi connectivity index (χ2v) is 15.9. The minimum atomic E-state index is 0. The monoisotopic (exact) mass is 743 g/mol. The molecule has 0 saturated heterocycles. The Kier molecular flexibility index (Phi) is 17.0. The van der Waals surface area contributed by atoms with Gasteiger partial charge >= 0.3 is 0 Å². The summed E-state index contributed by atoms with van der Waals surface area (Å²) in [6.07, 6.45) is 7.62. The van der Waals surface area contributed by atoms with E-state index in [0.717, 1.165) is 30.7 Å². The smallest absolute Gasteiger partial charge is 0.0572 e. The summed E-state index contributed by atoms with van der Waals surface area (Å²) >= 11 is 0. The largest absolute Gasteiger partial charge is 0.357 e. The summed E-state index contributed by atoms with van der Waals surface area (Å²) in [4.78, 5) is 0. The van der Waals surface area contributed by atoms with E-state index in [0.29, 0.717) is 23.7 Å². The predicted octanol–water partition coefficient (Wildman–Crippen LogP) is 13.8. The normalized spacial score (nSPS) is 14.4. The zero-order valence-electron chi connectivity index (χ0n) is 34.7. The second-order valence-electron chi connectivity index (χ2n) is 15.9. The minimum absolute atomic E-state index is 0. The topological polar surface area (TPSA) is 36.1 Å². The van der Waals surface area contributed by atoms with Crippen LogP contribution in [0.15, 0.2) is 120 Å². The van der Waals surface area contributed by atoms with Gasteiger partial charge in [-0.1, -0.05) is 158 Å². The van der Waals surface area contributed by atoms with Crippen LogP contribution < -0.4 is 16.0 Å². The van der Waals surface area contributed by atoms with Crippen LogP contribution in [-0.4, -0.2) is 0 Å². The average molecular weight is 744 g/mol. The van der Waals surface area contributed by atoms with Gasteiger partial charge in [0, 0.05) is 56.6 Å². The van der Waals surface area contributed by atoms with Crippen molar-refractivity contribution in [1.82, 2.24) is 5.32 Å². The maximum atomic E-state index is 3.84. The third kappa shape index (κ3) is 12.4. The summed E-state index contributed by atoms with van der Waals surface area (Å²) in [5.74, 6) is 1.80.